The fourth-order valence-corrected chi connectivity index (χ4v) is 2.18. The number of carboxylic acid groups (broad SMARTS) is 1. The average Bonchev–Trinajstić information content (AvgIpc) is 2.50. The number of hydrogen-bond donors (Lipinski definition) is 2. The fourth-order valence-electron chi connectivity index (χ4n) is 2.18. The van der Waals surface area contributed by atoms with Gasteiger partial charge in [0, 0.05) is 12.1 Å². The highest BCUT2D eigenvalue weighted by molar-refractivity contribution is 5.92. The minimum Gasteiger partial charge on any atom is -0.478 e. The standard InChI is InChI=1S/C17H24FNO3/c18-13-7-5-3-1-2-4-6-8-16(20)19-15-11-9-14(10-12-15)17(21)22/h9-12H,1-8,13H2,(H,19,20)(H,21,22). The molecule has 4 nitrogen and oxygen atoms in total. The van der Waals surface area contributed by atoms with E-state index < -0.39 is 5.97 Å². The zero-order valence-corrected chi connectivity index (χ0v) is 12.8. The second-order valence-electron chi connectivity index (χ2n) is 5.34. The number of anilines is 1. The summed E-state index contributed by atoms with van der Waals surface area (Å²) in [6, 6.07) is 6.11. The van der Waals surface area contributed by atoms with Crippen molar-refractivity contribution < 1.29 is 19.1 Å². The van der Waals surface area contributed by atoms with E-state index in [2.05, 4.69) is 5.32 Å². The molecule has 1 rings (SSSR count). The molecule has 0 aliphatic heterocycles. The summed E-state index contributed by atoms with van der Waals surface area (Å²) in [5, 5.41) is 11.5. The van der Waals surface area contributed by atoms with Gasteiger partial charge in [-0.2, -0.15) is 0 Å². The van der Waals surface area contributed by atoms with Crippen molar-refractivity contribution in [1.82, 2.24) is 0 Å². The first-order chi connectivity index (χ1) is 10.6. The van der Waals surface area contributed by atoms with Crippen LogP contribution in [0.25, 0.3) is 0 Å². The summed E-state index contributed by atoms with van der Waals surface area (Å²) in [7, 11) is 0. The zero-order chi connectivity index (χ0) is 16.2. The molecular weight excluding hydrogens is 285 g/mol. The van der Waals surface area contributed by atoms with Crippen molar-refractivity contribution in [3.63, 3.8) is 0 Å². The fraction of sp³-hybridized carbons (Fsp3) is 0.529. The topological polar surface area (TPSA) is 66.4 Å². The second-order valence-corrected chi connectivity index (χ2v) is 5.34. The molecule has 0 spiro atoms. The Hall–Kier alpha value is -1.91. The van der Waals surface area contributed by atoms with Crippen molar-refractivity contribution in [2.24, 2.45) is 0 Å². The summed E-state index contributed by atoms with van der Waals surface area (Å²) in [5.74, 6) is -1.04. The molecule has 0 aliphatic carbocycles. The molecule has 22 heavy (non-hydrogen) atoms. The highest BCUT2D eigenvalue weighted by atomic mass is 19.1. The summed E-state index contributed by atoms with van der Waals surface area (Å²) in [6.07, 6.45) is 7.14. The summed E-state index contributed by atoms with van der Waals surface area (Å²) in [4.78, 5) is 22.5. The number of nitrogens with one attached hydrogen (secondary N) is 1. The van der Waals surface area contributed by atoms with Crippen LogP contribution < -0.4 is 5.32 Å². The van der Waals surface area contributed by atoms with Crippen molar-refractivity contribution in [1.29, 1.82) is 0 Å². The van der Waals surface area contributed by atoms with Gasteiger partial charge < -0.3 is 10.4 Å². The van der Waals surface area contributed by atoms with Gasteiger partial charge in [0.05, 0.1) is 12.2 Å². The molecule has 0 aliphatic rings. The van der Waals surface area contributed by atoms with E-state index in [1.165, 1.54) is 12.1 Å². The van der Waals surface area contributed by atoms with Gasteiger partial charge in [0.2, 0.25) is 5.91 Å². The van der Waals surface area contributed by atoms with Crippen LogP contribution >= 0.6 is 0 Å². The number of carboxylic acids is 1. The van der Waals surface area contributed by atoms with Gasteiger partial charge in [0.1, 0.15) is 0 Å². The first-order valence-electron chi connectivity index (χ1n) is 7.82. The summed E-state index contributed by atoms with van der Waals surface area (Å²) in [5.41, 5.74) is 0.812. The normalized spacial score (nSPS) is 10.4. The Bertz CT molecular complexity index is 459. The molecule has 122 valence electrons. The Labute approximate surface area is 130 Å². The predicted octanol–water partition coefficient (Wildman–Crippen LogP) is 4.41. The summed E-state index contributed by atoms with van der Waals surface area (Å²) < 4.78 is 11.9. The summed E-state index contributed by atoms with van der Waals surface area (Å²) in [6.45, 7) is -0.229. The van der Waals surface area contributed by atoms with Crippen LogP contribution in [-0.4, -0.2) is 23.7 Å². The highest BCUT2D eigenvalue weighted by Crippen LogP contribution is 2.12. The van der Waals surface area contributed by atoms with Gasteiger partial charge in [0.15, 0.2) is 0 Å². The highest BCUT2D eigenvalue weighted by Gasteiger charge is 2.04. The predicted molar refractivity (Wildman–Crippen MR) is 84.9 cm³/mol. The monoisotopic (exact) mass is 309 g/mol. The number of halogens is 1. The third-order valence-corrected chi connectivity index (χ3v) is 3.45. The van der Waals surface area contributed by atoms with E-state index in [1.807, 2.05) is 0 Å². The Balaban J connectivity index is 2.12. The second kappa shape index (κ2) is 10.8. The molecule has 0 saturated heterocycles. The van der Waals surface area contributed by atoms with Crippen molar-refractivity contribution in [2.75, 3.05) is 12.0 Å². The number of amides is 1. The smallest absolute Gasteiger partial charge is 0.335 e. The molecule has 0 radical (unpaired) electrons. The molecule has 1 aromatic rings. The van der Waals surface area contributed by atoms with E-state index in [0.29, 0.717) is 18.5 Å². The minimum absolute atomic E-state index is 0.0551. The molecule has 0 fully saturated rings. The van der Waals surface area contributed by atoms with Gasteiger partial charge in [-0.05, 0) is 37.1 Å². The number of benzene rings is 1. The lowest BCUT2D eigenvalue weighted by Crippen LogP contribution is -2.11. The molecule has 0 heterocycles. The molecule has 0 atom stereocenters. The van der Waals surface area contributed by atoms with Crippen LogP contribution in [-0.2, 0) is 4.79 Å². The van der Waals surface area contributed by atoms with Gasteiger partial charge in [-0.15, -0.1) is 0 Å². The van der Waals surface area contributed by atoms with Gasteiger partial charge in [-0.3, -0.25) is 9.18 Å². The Morgan fingerprint density at radius 2 is 1.45 bits per heavy atom. The lowest BCUT2D eigenvalue weighted by atomic mass is 10.1. The van der Waals surface area contributed by atoms with Gasteiger partial charge in [-0.1, -0.05) is 32.1 Å². The molecule has 0 saturated carbocycles. The molecule has 1 aromatic carbocycles. The van der Waals surface area contributed by atoms with Crippen LogP contribution in [0.4, 0.5) is 10.1 Å². The largest absolute Gasteiger partial charge is 0.478 e. The van der Waals surface area contributed by atoms with Crippen molar-refractivity contribution in [3.8, 4) is 0 Å². The molecule has 5 heteroatoms. The van der Waals surface area contributed by atoms with Gasteiger partial charge in [-0.25, -0.2) is 4.79 Å². The van der Waals surface area contributed by atoms with Crippen molar-refractivity contribution in [3.05, 3.63) is 29.8 Å². The van der Waals surface area contributed by atoms with Crippen molar-refractivity contribution in [2.45, 2.75) is 51.4 Å². The number of rotatable bonds is 11. The van der Waals surface area contributed by atoms with Crippen LogP contribution in [0, 0.1) is 0 Å². The number of aromatic carboxylic acids is 1. The molecule has 0 aromatic heterocycles. The maximum Gasteiger partial charge on any atom is 0.335 e. The van der Waals surface area contributed by atoms with Crippen LogP contribution in [0.5, 0.6) is 0 Å². The maximum atomic E-state index is 11.9. The van der Waals surface area contributed by atoms with E-state index in [9.17, 15) is 14.0 Å². The molecule has 0 unspecified atom stereocenters. The van der Waals surface area contributed by atoms with Crippen LogP contribution in [0.3, 0.4) is 0 Å². The lowest BCUT2D eigenvalue weighted by molar-refractivity contribution is -0.116. The zero-order valence-electron chi connectivity index (χ0n) is 12.8. The quantitative estimate of drug-likeness (QED) is 0.595. The van der Waals surface area contributed by atoms with Gasteiger partial charge in [0.25, 0.3) is 0 Å². The Kier molecular flexibility index (Phi) is 8.88. The third-order valence-electron chi connectivity index (χ3n) is 3.45. The van der Waals surface area contributed by atoms with E-state index >= 15 is 0 Å². The molecule has 1 amide bonds. The lowest BCUT2D eigenvalue weighted by Gasteiger charge is -2.05. The van der Waals surface area contributed by atoms with E-state index in [0.717, 1.165) is 38.5 Å². The third kappa shape index (κ3) is 7.76. The first kappa shape index (κ1) is 18.1. The van der Waals surface area contributed by atoms with Crippen LogP contribution in [0.1, 0.15) is 61.7 Å². The first-order valence-corrected chi connectivity index (χ1v) is 7.82. The van der Waals surface area contributed by atoms with Crippen LogP contribution in [0.2, 0.25) is 0 Å². The van der Waals surface area contributed by atoms with Gasteiger partial charge >= 0.3 is 5.97 Å². The molecule has 0 bridgehead atoms. The van der Waals surface area contributed by atoms with Crippen molar-refractivity contribution >= 4 is 17.6 Å². The number of carbonyl (C=O) groups is 2. The maximum absolute atomic E-state index is 11.9. The number of carbonyl (C=O) groups excluding carboxylic acids is 1. The number of alkyl halides is 1. The molecule has 2 N–H and O–H groups in total. The average molecular weight is 309 g/mol. The number of hydrogen-bond acceptors (Lipinski definition) is 2. The summed E-state index contributed by atoms with van der Waals surface area (Å²) >= 11 is 0. The SMILES string of the molecule is O=C(CCCCCCCCCF)Nc1ccc(C(=O)O)cc1. The van der Waals surface area contributed by atoms with Crippen LogP contribution in [0.15, 0.2) is 24.3 Å². The molecular formula is C17H24FNO3. The van der Waals surface area contributed by atoms with E-state index in [-0.39, 0.29) is 18.1 Å². The minimum atomic E-state index is -0.982. The van der Waals surface area contributed by atoms with E-state index in [1.54, 1.807) is 12.1 Å². The van der Waals surface area contributed by atoms with E-state index in [4.69, 9.17) is 5.11 Å². The number of unbranched alkanes of at least 4 members (excludes halogenated alkanes) is 6. The Morgan fingerprint density at radius 1 is 0.909 bits per heavy atom. The Morgan fingerprint density at radius 3 is 2.00 bits per heavy atom.